The van der Waals surface area contributed by atoms with Crippen LogP contribution in [-0.2, 0) is 24.2 Å². The lowest BCUT2D eigenvalue weighted by atomic mass is 9.74. The molecular formula is C24H31N5O2. The van der Waals surface area contributed by atoms with Gasteiger partial charge in [-0.05, 0) is 42.5 Å². The first-order valence-electron chi connectivity index (χ1n) is 10.9. The highest BCUT2D eigenvalue weighted by Gasteiger charge is 2.36. The Morgan fingerprint density at radius 3 is 2.77 bits per heavy atom. The number of rotatable bonds is 7. The fourth-order valence-corrected chi connectivity index (χ4v) is 4.46. The van der Waals surface area contributed by atoms with E-state index in [2.05, 4.69) is 40.7 Å². The number of hydrogen-bond acceptors (Lipinski definition) is 4. The number of carbonyl (C=O) groups excluding carboxylic acids is 1. The van der Waals surface area contributed by atoms with Crippen LogP contribution in [0.5, 0.6) is 5.75 Å². The number of imidazole rings is 1. The van der Waals surface area contributed by atoms with E-state index >= 15 is 0 Å². The highest BCUT2D eigenvalue weighted by atomic mass is 16.5. The molecule has 31 heavy (non-hydrogen) atoms. The van der Waals surface area contributed by atoms with Gasteiger partial charge in [-0.3, -0.25) is 4.79 Å². The Hall–Kier alpha value is -3.09. The number of fused-ring (bicyclic) bond motifs is 1. The Morgan fingerprint density at radius 1 is 1.29 bits per heavy atom. The molecule has 0 radical (unpaired) electrons. The van der Waals surface area contributed by atoms with Crippen LogP contribution in [0, 0.1) is 5.41 Å². The van der Waals surface area contributed by atoms with E-state index < -0.39 is 0 Å². The number of carbonyl (C=O) groups is 1. The van der Waals surface area contributed by atoms with Gasteiger partial charge in [0.2, 0.25) is 5.91 Å². The van der Waals surface area contributed by atoms with Gasteiger partial charge in [-0.25, -0.2) is 9.67 Å². The quantitative estimate of drug-likeness (QED) is 0.629. The first-order chi connectivity index (χ1) is 14.9. The summed E-state index contributed by atoms with van der Waals surface area (Å²) in [7, 11) is 1.66. The number of benzene rings is 1. The van der Waals surface area contributed by atoms with Crippen LogP contribution in [0.3, 0.4) is 0 Å². The molecule has 1 aliphatic carbocycles. The van der Waals surface area contributed by atoms with Gasteiger partial charge in [-0.15, -0.1) is 0 Å². The third-order valence-electron chi connectivity index (χ3n) is 6.03. The minimum absolute atomic E-state index is 0.0355. The van der Waals surface area contributed by atoms with Crippen LogP contribution >= 0.6 is 0 Å². The molecule has 7 nitrogen and oxygen atoms in total. The fraction of sp³-hybridized carbons (Fsp3) is 0.458. The summed E-state index contributed by atoms with van der Waals surface area (Å²) >= 11 is 0. The van der Waals surface area contributed by atoms with Crippen molar-refractivity contribution in [2.45, 2.75) is 59.0 Å². The molecule has 0 spiro atoms. The molecule has 0 bridgehead atoms. The first kappa shape index (κ1) is 21.2. The van der Waals surface area contributed by atoms with E-state index in [-0.39, 0.29) is 17.4 Å². The summed E-state index contributed by atoms with van der Waals surface area (Å²) in [6.07, 6.45) is 8.74. The second kappa shape index (κ2) is 8.57. The Labute approximate surface area is 183 Å². The molecule has 0 aliphatic heterocycles. The lowest BCUT2D eigenvalue weighted by Crippen LogP contribution is -2.37. The second-order valence-corrected chi connectivity index (χ2v) is 8.96. The molecule has 1 atom stereocenters. The smallest absolute Gasteiger partial charge is 0.222 e. The van der Waals surface area contributed by atoms with Crippen LogP contribution in [0.1, 0.15) is 56.7 Å². The van der Waals surface area contributed by atoms with E-state index in [4.69, 9.17) is 4.74 Å². The van der Waals surface area contributed by atoms with Crippen LogP contribution < -0.4 is 10.1 Å². The van der Waals surface area contributed by atoms with E-state index in [0.29, 0.717) is 13.0 Å². The number of nitrogens with zero attached hydrogens (tertiary/aromatic N) is 4. The molecule has 4 rings (SSSR count). The lowest BCUT2D eigenvalue weighted by Gasteiger charge is -2.36. The van der Waals surface area contributed by atoms with E-state index in [1.54, 1.807) is 13.3 Å². The molecule has 0 fully saturated rings. The van der Waals surface area contributed by atoms with Crippen molar-refractivity contribution in [3.8, 4) is 11.4 Å². The standard InChI is InChI=1S/C24H31N5O2/c1-5-22-25-11-13-28(22)12-10-23(30)27-20-14-24(2,3)15-21-19(20)16-26-29(21)17-6-8-18(31-4)9-7-17/h6-9,11,13,16,20H,5,10,12,14-15H2,1-4H3,(H,27,30)/t20-/m0/s1. The molecule has 1 aliphatic rings. The normalized spacial score (nSPS) is 17.2. The topological polar surface area (TPSA) is 74.0 Å². The van der Waals surface area contributed by atoms with E-state index in [1.807, 2.05) is 41.3 Å². The highest BCUT2D eigenvalue weighted by molar-refractivity contribution is 5.76. The maximum absolute atomic E-state index is 12.8. The first-order valence-corrected chi connectivity index (χ1v) is 10.9. The molecule has 0 saturated carbocycles. The summed E-state index contributed by atoms with van der Waals surface area (Å²) in [6.45, 7) is 7.22. The van der Waals surface area contributed by atoms with Gasteiger partial charge in [0.15, 0.2) is 0 Å². The van der Waals surface area contributed by atoms with Gasteiger partial charge in [0.1, 0.15) is 11.6 Å². The number of aryl methyl sites for hydroxylation is 2. The predicted molar refractivity (Wildman–Crippen MR) is 119 cm³/mol. The van der Waals surface area contributed by atoms with Gasteiger partial charge < -0.3 is 14.6 Å². The van der Waals surface area contributed by atoms with Crippen molar-refractivity contribution in [2.75, 3.05) is 7.11 Å². The number of nitrogens with one attached hydrogen (secondary N) is 1. The SMILES string of the molecule is CCc1nccn1CCC(=O)N[C@H]1CC(C)(C)Cc2c1cnn2-c1ccc(OC)cc1. The summed E-state index contributed by atoms with van der Waals surface area (Å²) in [5.74, 6) is 1.88. The second-order valence-electron chi connectivity index (χ2n) is 8.96. The zero-order valence-corrected chi connectivity index (χ0v) is 18.8. The third kappa shape index (κ3) is 4.50. The highest BCUT2D eigenvalue weighted by Crippen LogP contribution is 2.41. The minimum Gasteiger partial charge on any atom is -0.497 e. The lowest BCUT2D eigenvalue weighted by molar-refractivity contribution is -0.122. The summed E-state index contributed by atoms with van der Waals surface area (Å²) in [4.78, 5) is 17.1. The number of aromatic nitrogens is 4. The maximum atomic E-state index is 12.8. The number of methoxy groups -OCH3 is 1. The third-order valence-corrected chi connectivity index (χ3v) is 6.03. The van der Waals surface area contributed by atoms with Crippen molar-refractivity contribution >= 4 is 5.91 Å². The summed E-state index contributed by atoms with van der Waals surface area (Å²) in [5, 5.41) is 7.94. The van der Waals surface area contributed by atoms with Gasteiger partial charge in [0.05, 0.1) is 30.7 Å². The number of ether oxygens (including phenoxy) is 1. The van der Waals surface area contributed by atoms with Crippen molar-refractivity contribution in [3.05, 3.63) is 59.9 Å². The Kier molecular flexibility index (Phi) is 5.85. The summed E-state index contributed by atoms with van der Waals surface area (Å²) in [6, 6.07) is 7.87. The molecule has 3 aromatic rings. The van der Waals surface area contributed by atoms with Gasteiger partial charge in [-0.2, -0.15) is 5.10 Å². The summed E-state index contributed by atoms with van der Waals surface area (Å²) in [5.41, 5.74) is 3.33. The Morgan fingerprint density at radius 2 is 2.06 bits per heavy atom. The molecule has 0 unspecified atom stereocenters. The molecular weight excluding hydrogens is 390 g/mol. The zero-order valence-electron chi connectivity index (χ0n) is 18.8. The zero-order chi connectivity index (χ0) is 22.0. The average Bonchev–Trinajstić information content (AvgIpc) is 3.38. The van der Waals surface area contributed by atoms with Crippen LogP contribution in [-0.4, -0.2) is 32.3 Å². The molecule has 1 aromatic carbocycles. The van der Waals surface area contributed by atoms with E-state index in [0.717, 1.165) is 47.8 Å². The molecule has 2 aromatic heterocycles. The van der Waals surface area contributed by atoms with Crippen molar-refractivity contribution < 1.29 is 9.53 Å². The van der Waals surface area contributed by atoms with Gasteiger partial charge in [0, 0.05) is 37.3 Å². The van der Waals surface area contributed by atoms with Crippen molar-refractivity contribution in [3.63, 3.8) is 0 Å². The van der Waals surface area contributed by atoms with Crippen molar-refractivity contribution in [2.24, 2.45) is 5.41 Å². The molecule has 164 valence electrons. The molecule has 7 heteroatoms. The molecule has 1 amide bonds. The molecule has 0 saturated heterocycles. The Bertz CT molecular complexity index is 1050. The van der Waals surface area contributed by atoms with E-state index in [1.165, 1.54) is 0 Å². The monoisotopic (exact) mass is 421 g/mol. The predicted octanol–water partition coefficient (Wildman–Crippen LogP) is 3.86. The maximum Gasteiger partial charge on any atom is 0.222 e. The van der Waals surface area contributed by atoms with Gasteiger partial charge in [-0.1, -0.05) is 20.8 Å². The summed E-state index contributed by atoms with van der Waals surface area (Å²) < 4.78 is 9.32. The van der Waals surface area contributed by atoms with Crippen LogP contribution in [0.4, 0.5) is 0 Å². The van der Waals surface area contributed by atoms with Crippen LogP contribution in [0.2, 0.25) is 0 Å². The fourth-order valence-electron chi connectivity index (χ4n) is 4.46. The number of amides is 1. The van der Waals surface area contributed by atoms with Gasteiger partial charge >= 0.3 is 0 Å². The molecule has 1 N–H and O–H groups in total. The van der Waals surface area contributed by atoms with Crippen LogP contribution in [0.25, 0.3) is 5.69 Å². The molecule has 2 heterocycles. The average molecular weight is 422 g/mol. The minimum atomic E-state index is -0.0355. The number of hydrogen-bond donors (Lipinski definition) is 1. The van der Waals surface area contributed by atoms with Crippen LogP contribution in [0.15, 0.2) is 42.9 Å². The van der Waals surface area contributed by atoms with Gasteiger partial charge in [0.25, 0.3) is 0 Å². The Balaban J connectivity index is 1.52. The largest absolute Gasteiger partial charge is 0.497 e. The van der Waals surface area contributed by atoms with Crippen molar-refractivity contribution in [1.29, 1.82) is 0 Å². The van der Waals surface area contributed by atoms with Crippen molar-refractivity contribution in [1.82, 2.24) is 24.6 Å². The van der Waals surface area contributed by atoms with E-state index in [9.17, 15) is 4.79 Å².